The van der Waals surface area contributed by atoms with Crippen LogP contribution in [0.5, 0.6) is 0 Å². The quantitative estimate of drug-likeness (QED) is 0.760. The van der Waals surface area contributed by atoms with E-state index in [2.05, 4.69) is 20.9 Å². The molecular weight excluding hydrogens is 359 g/mol. The number of hydrogen-bond donors (Lipinski definition) is 2. The SMILES string of the molecule is COC(=S)NCc1cn(-c2ccc(N3CCNC(=O)CC3)c(F)c2)nn1. The van der Waals surface area contributed by atoms with Crippen molar-refractivity contribution in [3.05, 3.63) is 35.9 Å². The van der Waals surface area contributed by atoms with Gasteiger partial charge in [0.1, 0.15) is 11.5 Å². The highest BCUT2D eigenvalue weighted by atomic mass is 32.1. The number of hydrogen-bond acceptors (Lipinski definition) is 6. The van der Waals surface area contributed by atoms with Gasteiger partial charge >= 0.3 is 0 Å². The Morgan fingerprint density at radius 2 is 2.31 bits per heavy atom. The number of rotatable bonds is 4. The van der Waals surface area contributed by atoms with Gasteiger partial charge in [-0.25, -0.2) is 9.07 Å². The fourth-order valence-electron chi connectivity index (χ4n) is 2.64. The summed E-state index contributed by atoms with van der Waals surface area (Å²) < 4.78 is 20.9. The molecule has 10 heteroatoms. The Hall–Kier alpha value is -2.75. The molecule has 1 aromatic carbocycles. The van der Waals surface area contributed by atoms with Crippen LogP contribution in [0.4, 0.5) is 10.1 Å². The molecule has 0 bridgehead atoms. The molecular formula is C16H19FN6O2S. The topological polar surface area (TPSA) is 84.3 Å². The first-order chi connectivity index (χ1) is 12.6. The van der Waals surface area contributed by atoms with E-state index in [1.807, 2.05) is 4.90 Å². The standard InChI is InChI=1S/C16H19FN6O2S/c1-25-16(26)19-9-11-10-23(21-20-11)12-2-3-14(13(17)8-12)22-6-4-15(24)18-5-7-22/h2-3,8,10H,4-7,9H2,1H3,(H,18,24)(H,19,26). The number of nitrogens with one attached hydrogen (secondary N) is 2. The molecule has 0 unspecified atom stereocenters. The highest BCUT2D eigenvalue weighted by Crippen LogP contribution is 2.23. The third-order valence-corrected chi connectivity index (χ3v) is 4.30. The molecule has 2 heterocycles. The Labute approximate surface area is 155 Å². The number of aromatic nitrogens is 3. The summed E-state index contributed by atoms with van der Waals surface area (Å²) in [6.45, 7) is 1.92. The van der Waals surface area contributed by atoms with E-state index in [-0.39, 0.29) is 16.9 Å². The predicted octanol–water partition coefficient (Wildman–Crippen LogP) is 0.754. The minimum Gasteiger partial charge on any atom is -0.474 e. The van der Waals surface area contributed by atoms with Gasteiger partial charge in [-0.05, 0) is 24.4 Å². The van der Waals surface area contributed by atoms with Crippen LogP contribution >= 0.6 is 12.2 Å². The predicted molar refractivity (Wildman–Crippen MR) is 97.6 cm³/mol. The first kappa shape index (κ1) is 18.1. The Kier molecular flexibility index (Phi) is 5.61. The van der Waals surface area contributed by atoms with E-state index >= 15 is 0 Å². The third-order valence-electron chi connectivity index (χ3n) is 3.99. The number of amides is 1. The van der Waals surface area contributed by atoms with Crippen LogP contribution in [0.1, 0.15) is 12.1 Å². The van der Waals surface area contributed by atoms with E-state index in [4.69, 9.17) is 17.0 Å². The Morgan fingerprint density at radius 3 is 3.08 bits per heavy atom. The van der Waals surface area contributed by atoms with Gasteiger partial charge in [0.25, 0.3) is 5.17 Å². The van der Waals surface area contributed by atoms with Crippen molar-refractivity contribution in [3.8, 4) is 5.69 Å². The maximum Gasteiger partial charge on any atom is 0.256 e. The molecule has 1 amide bonds. The monoisotopic (exact) mass is 378 g/mol. The lowest BCUT2D eigenvalue weighted by molar-refractivity contribution is -0.120. The van der Waals surface area contributed by atoms with E-state index in [9.17, 15) is 9.18 Å². The van der Waals surface area contributed by atoms with Gasteiger partial charge in [0, 0.05) is 32.1 Å². The number of ether oxygens (including phenoxy) is 1. The van der Waals surface area contributed by atoms with Gasteiger partial charge in [-0.3, -0.25) is 4.79 Å². The number of thiocarbonyl (C=S) groups is 1. The average molecular weight is 378 g/mol. The van der Waals surface area contributed by atoms with Gasteiger partial charge < -0.3 is 20.3 Å². The molecule has 26 heavy (non-hydrogen) atoms. The number of halogens is 1. The molecule has 1 aliphatic rings. The summed E-state index contributed by atoms with van der Waals surface area (Å²) in [5.41, 5.74) is 1.67. The molecule has 2 aromatic rings. The normalized spacial score (nSPS) is 14.5. The number of benzene rings is 1. The summed E-state index contributed by atoms with van der Waals surface area (Å²) in [5, 5.41) is 13.9. The van der Waals surface area contributed by atoms with Crippen LogP contribution < -0.4 is 15.5 Å². The second-order valence-corrected chi connectivity index (χ2v) is 6.09. The summed E-state index contributed by atoms with van der Waals surface area (Å²) in [6, 6.07) is 4.87. The van der Waals surface area contributed by atoms with Crippen LogP contribution in [0, 0.1) is 5.82 Å². The fourth-order valence-corrected chi connectivity index (χ4v) is 2.72. The number of methoxy groups -OCH3 is 1. The molecule has 1 aromatic heterocycles. The molecule has 0 spiro atoms. The summed E-state index contributed by atoms with van der Waals surface area (Å²) >= 11 is 4.90. The molecule has 1 fully saturated rings. The van der Waals surface area contributed by atoms with Crippen LogP contribution in [0.25, 0.3) is 5.69 Å². The molecule has 0 atom stereocenters. The molecule has 1 saturated heterocycles. The number of carbonyl (C=O) groups excluding carboxylic acids is 1. The van der Waals surface area contributed by atoms with E-state index in [0.29, 0.717) is 49.7 Å². The van der Waals surface area contributed by atoms with Gasteiger partial charge in [0.05, 0.1) is 31.2 Å². The van der Waals surface area contributed by atoms with Crippen molar-refractivity contribution < 1.29 is 13.9 Å². The highest BCUT2D eigenvalue weighted by Gasteiger charge is 2.17. The number of carbonyl (C=O) groups is 1. The Bertz CT molecular complexity index is 812. The zero-order valence-electron chi connectivity index (χ0n) is 14.2. The maximum atomic E-state index is 14.6. The average Bonchev–Trinajstić information content (AvgIpc) is 3.01. The molecule has 138 valence electrons. The second-order valence-electron chi connectivity index (χ2n) is 5.72. The molecule has 8 nitrogen and oxygen atoms in total. The van der Waals surface area contributed by atoms with E-state index in [1.54, 1.807) is 18.3 Å². The fraction of sp³-hybridized carbons (Fsp3) is 0.375. The molecule has 1 aliphatic heterocycles. The summed E-state index contributed by atoms with van der Waals surface area (Å²) in [6.07, 6.45) is 2.04. The van der Waals surface area contributed by atoms with Gasteiger partial charge in [-0.15, -0.1) is 5.10 Å². The zero-order chi connectivity index (χ0) is 18.5. The smallest absolute Gasteiger partial charge is 0.256 e. The van der Waals surface area contributed by atoms with Gasteiger partial charge in [-0.1, -0.05) is 5.21 Å². The highest BCUT2D eigenvalue weighted by molar-refractivity contribution is 7.80. The first-order valence-corrected chi connectivity index (χ1v) is 8.52. The largest absolute Gasteiger partial charge is 0.474 e. The van der Waals surface area contributed by atoms with Crippen LogP contribution in [-0.2, 0) is 16.1 Å². The maximum absolute atomic E-state index is 14.6. The summed E-state index contributed by atoms with van der Waals surface area (Å²) in [5.74, 6) is -0.381. The van der Waals surface area contributed by atoms with Crippen LogP contribution in [-0.4, -0.2) is 52.8 Å². The first-order valence-electron chi connectivity index (χ1n) is 8.11. The van der Waals surface area contributed by atoms with Gasteiger partial charge in [0.15, 0.2) is 0 Å². The van der Waals surface area contributed by atoms with Crippen LogP contribution in [0.2, 0.25) is 0 Å². The van der Waals surface area contributed by atoms with Crippen molar-refractivity contribution in [1.82, 2.24) is 25.6 Å². The molecule has 2 N–H and O–H groups in total. The molecule has 0 radical (unpaired) electrons. The van der Waals surface area contributed by atoms with Crippen molar-refractivity contribution in [1.29, 1.82) is 0 Å². The van der Waals surface area contributed by atoms with E-state index in [1.165, 1.54) is 17.9 Å². The molecule has 0 aliphatic carbocycles. The lowest BCUT2D eigenvalue weighted by atomic mass is 10.2. The summed E-state index contributed by atoms with van der Waals surface area (Å²) in [7, 11) is 1.48. The van der Waals surface area contributed by atoms with Gasteiger partial charge in [0.2, 0.25) is 5.91 Å². The van der Waals surface area contributed by atoms with Crippen molar-refractivity contribution in [2.75, 3.05) is 31.6 Å². The van der Waals surface area contributed by atoms with E-state index in [0.717, 1.165) is 0 Å². The van der Waals surface area contributed by atoms with Crippen molar-refractivity contribution in [2.45, 2.75) is 13.0 Å². The van der Waals surface area contributed by atoms with Crippen LogP contribution in [0.3, 0.4) is 0 Å². The molecule has 0 saturated carbocycles. The summed E-state index contributed by atoms with van der Waals surface area (Å²) in [4.78, 5) is 13.3. The minimum atomic E-state index is -0.368. The third kappa shape index (κ3) is 4.26. The lowest BCUT2D eigenvalue weighted by Crippen LogP contribution is -2.29. The van der Waals surface area contributed by atoms with Crippen LogP contribution in [0.15, 0.2) is 24.4 Å². The minimum absolute atomic E-state index is 0.0127. The van der Waals surface area contributed by atoms with Crippen molar-refractivity contribution in [2.24, 2.45) is 0 Å². The van der Waals surface area contributed by atoms with Gasteiger partial charge in [-0.2, -0.15) is 0 Å². The number of anilines is 1. The molecule has 3 rings (SSSR count). The van der Waals surface area contributed by atoms with Crippen molar-refractivity contribution >= 4 is 29.0 Å². The Morgan fingerprint density at radius 1 is 1.46 bits per heavy atom. The van der Waals surface area contributed by atoms with E-state index < -0.39 is 0 Å². The lowest BCUT2D eigenvalue weighted by Gasteiger charge is -2.22. The zero-order valence-corrected chi connectivity index (χ0v) is 15.1. The Balaban J connectivity index is 1.72. The number of nitrogens with zero attached hydrogens (tertiary/aromatic N) is 4. The second kappa shape index (κ2) is 8.09. The van der Waals surface area contributed by atoms with Crippen molar-refractivity contribution in [3.63, 3.8) is 0 Å².